The zero-order valence-corrected chi connectivity index (χ0v) is 20.8. The van der Waals surface area contributed by atoms with Crippen LogP contribution in [0.5, 0.6) is 0 Å². The lowest BCUT2D eigenvalue weighted by molar-refractivity contribution is -0.145. The molecular weight excluding hydrogens is 428 g/mol. The molecule has 1 aliphatic rings. The lowest BCUT2D eigenvalue weighted by Gasteiger charge is -2.23. The maximum absolute atomic E-state index is 11.8. The summed E-state index contributed by atoms with van der Waals surface area (Å²) in [5.41, 5.74) is 4.92. The van der Waals surface area contributed by atoms with E-state index in [1.54, 1.807) is 0 Å². The first-order valence-corrected chi connectivity index (χ1v) is 12.5. The Morgan fingerprint density at radius 1 is 1.29 bits per heavy atom. The molecule has 0 bridgehead atoms. The van der Waals surface area contributed by atoms with Crippen molar-refractivity contribution in [3.8, 4) is 0 Å². The molecule has 1 N–H and O–H groups in total. The molecule has 0 heterocycles. The fourth-order valence-corrected chi connectivity index (χ4v) is 4.33. The molecule has 1 aliphatic carbocycles. The number of hydrogen-bond donors (Lipinski definition) is 1. The van der Waals surface area contributed by atoms with Crippen molar-refractivity contribution >= 4 is 17.5 Å². The second kappa shape index (κ2) is 14.6. The molecule has 1 aromatic carbocycles. The van der Waals surface area contributed by atoms with Crippen molar-refractivity contribution in [1.82, 2.24) is 0 Å². The standard InChI is InChI=1S/C29H40O5/c1-5-7-8-9-23-10-12-24(13-11-23)26-15-14-25(21(3)18-26)19-27(34-28(31)6-2)16-17-33-29(32)22(4)20-30/h6,12,14-15,18,23,27,30H,2,4-5,7-11,13,16-17,19-20H2,1,3H3. The molecule has 2 atom stereocenters. The molecule has 0 spiro atoms. The Morgan fingerprint density at radius 3 is 2.71 bits per heavy atom. The smallest absolute Gasteiger partial charge is 0.335 e. The predicted molar refractivity (Wildman–Crippen MR) is 136 cm³/mol. The fraction of sp³-hybridized carbons (Fsp3) is 0.517. The van der Waals surface area contributed by atoms with Crippen LogP contribution in [0.25, 0.3) is 5.57 Å². The number of aliphatic hydroxyl groups is 1. The molecule has 2 rings (SSSR count). The molecule has 34 heavy (non-hydrogen) atoms. The third-order valence-corrected chi connectivity index (χ3v) is 6.50. The lowest BCUT2D eigenvalue weighted by atomic mass is 9.83. The van der Waals surface area contributed by atoms with Gasteiger partial charge in [0.1, 0.15) is 6.10 Å². The van der Waals surface area contributed by atoms with Gasteiger partial charge in [0.15, 0.2) is 0 Å². The van der Waals surface area contributed by atoms with Crippen molar-refractivity contribution in [2.45, 2.75) is 77.7 Å². The first-order chi connectivity index (χ1) is 16.4. The number of aryl methyl sites for hydroxylation is 1. The number of carbonyl (C=O) groups excluding carboxylic acids is 2. The van der Waals surface area contributed by atoms with E-state index in [-0.39, 0.29) is 12.2 Å². The number of allylic oxidation sites excluding steroid dienone is 2. The van der Waals surface area contributed by atoms with E-state index in [0.717, 1.165) is 29.5 Å². The van der Waals surface area contributed by atoms with Crippen LogP contribution in [0.15, 0.2) is 49.1 Å². The highest BCUT2D eigenvalue weighted by Gasteiger charge is 2.19. The Balaban J connectivity index is 1.99. The maximum Gasteiger partial charge on any atom is 0.335 e. The first kappa shape index (κ1) is 27.6. The van der Waals surface area contributed by atoms with Crippen molar-refractivity contribution in [3.05, 3.63) is 65.8 Å². The predicted octanol–water partition coefficient (Wildman–Crippen LogP) is 5.88. The van der Waals surface area contributed by atoms with Crippen LogP contribution in [-0.2, 0) is 25.5 Å². The summed E-state index contributed by atoms with van der Waals surface area (Å²) in [6, 6.07) is 6.48. The molecule has 0 saturated carbocycles. The van der Waals surface area contributed by atoms with E-state index >= 15 is 0 Å². The van der Waals surface area contributed by atoms with Crippen molar-refractivity contribution in [2.24, 2.45) is 5.92 Å². The number of hydrogen-bond acceptors (Lipinski definition) is 5. The minimum absolute atomic E-state index is 0.00429. The summed E-state index contributed by atoms with van der Waals surface area (Å²) in [5, 5.41) is 8.98. The molecule has 2 unspecified atom stereocenters. The zero-order chi connectivity index (χ0) is 24.9. The molecule has 0 radical (unpaired) electrons. The number of unbranched alkanes of at least 4 members (excludes halogenated alkanes) is 2. The van der Waals surface area contributed by atoms with E-state index in [1.807, 2.05) is 0 Å². The van der Waals surface area contributed by atoms with Gasteiger partial charge in [0.05, 0.1) is 18.8 Å². The minimum Gasteiger partial charge on any atom is -0.462 e. The summed E-state index contributed by atoms with van der Waals surface area (Å²) in [4.78, 5) is 23.5. The fourth-order valence-electron chi connectivity index (χ4n) is 4.33. The van der Waals surface area contributed by atoms with E-state index in [9.17, 15) is 9.59 Å². The summed E-state index contributed by atoms with van der Waals surface area (Å²) >= 11 is 0. The summed E-state index contributed by atoms with van der Waals surface area (Å²) < 4.78 is 10.6. The van der Waals surface area contributed by atoms with Crippen LogP contribution in [0.2, 0.25) is 0 Å². The number of aliphatic hydroxyl groups excluding tert-OH is 1. The normalized spacial score (nSPS) is 16.3. The number of benzene rings is 1. The molecule has 186 valence electrons. The molecule has 0 aromatic heterocycles. The highest BCUT2D eigenvalue weighted by Crippen LogP contribution is 2.33. The van der Waals surface area contributed by atoms with Crippen molar-refractivity contribution < 1.29 is 24.2 Å². The topological polar surface area (TPSA) is 72.8 Å². The van der Waals surface area contributed by atoms with Crippen molar-refractivity contribution in [1.29, 1.82) is 0 Å². The Kier molecular flexibility index (Phi) is 11.8. The van der Waals surface area contributed by atoms with Gasteiger partial charge in [0, 0.05) is 18.9 Å². The van der Waals surface area contributed by atoms with E-state index in [0.29, 0.717) is 12.8 Å². The molecular formula is C29H40O5. The van der Waals surface area contributed by atoms with Gasteiger partial charge in [-0.2, -0.15) is 0 Å². The van der Waals surface area contributed by atoms with Crippen LogP contribution in [-0.4, -0.2) is 36.4 Å². The van der Waals surface area contributed by atoms with Gasteiger partial charge >= 0.3 is 11.9 Å². The molecule has 0 amide bonds. The number of ether oxygens (including phenoxy) is 2. The monoisotopic (exact) mass is 468 g/mol. The number of rotatable bonds is 14. The zero-order valence-electron chi connectivity index (χ0n) is 20.8. The van der Waals surface area contributed by atoms with Crippen LogP contribution >= 0.6 is 0 Å². The van der Waals surface area contributed by atoms with E-state index in [1.165, 1.54) is 49.7 Å². The van der Waals surface area contributed by atoms with Crippen LogP contribution in [0.4, 0.5) is 0 Å². The summed E-state index contributed by atoms with van der Waals surface area (Å²) in [5.74, 6) is -0.337. The molecule has 0 fully saturated rings. The van der Waals surface area contributed by atoms with Crippen LogP contribution in [0.1, 0.15) is 75.0 Å². The van der Waals surface area contributed by atoms with Crippen LogP contribution in [0, 0.1) is 12.8 Å². The summed E-state index contributed by atoms with van der Waals surface area (Å²) in [7, 11) is 0. The minimum atomic E-state index is -0.648. The molecule has 5 nitrogen and oxygen atoms in total. The Morgan fingerprint density at radius 2 is 2.09 bits per heavy atom. The van der Waals surface area contributed by atoms with Gasteiger partial charge in [-0.3, -0.25) is 0 Å². The third-order valence-electron chi connectivity index (χ3n) is 6.50. The third kappa shape index (κ3) is 8.94. The molecule has 1 aromatic rings. The Hall–Kier alpha value is -2.66. The molecule has 5 heteroatoms. The van der Waals surface area contributed by atoms with Gasteiger partial charge in [-0.1, -0.05) is 70.0 Å². The van der Waals surface area contributed by atoms with E-state index in [2.05, 4.69) is 51.3 Å². The van der Waals surface area contributed by atoms with Crippen LogP contribution in [0.3, 0.4) is 0 Å². The Bertz CT molecular complexity index is 883. The van der Waals surface area contributed by atoms with Gasteiger partial charge in [-0.05, 0) is 54.4 Å². The quantitative estimate of drug-likeness (QED) is 0.210. The largest absolute Gasteiger partial charge is 0.462 e. The van der Waals surface area contributed by atoms with Gasteiger partial charge in [0.25, 0.3) is 0 Å². The summed E-state index contributed by atoms with van der Waals surface area (Å²) in [6.45, 7) is 10.9. The van der Waals surface area contributed by atoms with Gasteiger partial charge in [0.2, 0.25) is 0 Å². The average Bonchev–Trinajstić information content (AvgIpc) is 2.85. The second-order valence-corrected chi connectivity index (χ2v) is 9.16. The van der Waals surface area contributed by atoms with Crippen molar-refractivity contribution in [3.63, 3.8) is 0 Å². The molecule has 0 aliphatic heterocycles. The van der Waals surface area contributed by atoms with E-state index in [4.69, 9.17) is 14.6 Å². The number of carbonyl (C=O) groups is 2. The summed E-state index contributed by atoms with van der Waals surface area (Å²) in [6.07, 6.45) is 12.8. The SMILES string of the molecule is C=CC(=O)OC(CCOC(=O)C(=C)CO)Cc1ccc(C2=CCC(CCCCC)CC2)cc1C. The van der Waals surface area contributed by atoms with Crippen molar-refractivity contribution in [2.75, 3.05) is 13.2 Å². The highest BCUT2D eigenvalue weighted by molar-refractivity contribution is 5.87. The first-order valence-electron chi connectivity index (χ1n) is 12.5. The van der Waals surface area contributed by atoms with Crippen LogP contribution < -0.4 is 0 Å². The lowest BCUT2D eigenvalue weighted by Crippen LogP contribution is -2.23. The Labute approximate surface area is 204 Å². The van der Waals surface area contributed by atoms with Gasteiger partial charge < -0.3 is 14.6 Å². The number of esters is 2. The average molecular weight is 469 g/mol. The molecule has 0 saturated heterocycles. The van der Waals surface area contributed by atoms with Gasteiger partial charge in [-0.15, -0.1) is 0 Å². The highest BCUT2D eigenvalue weighted by atomic mass is 16.6. The maximum atomic E-state index is 11.8. The van der Waals surface area contributed by atoms with Gasteiger partial charge in [-0.25, -0.2) is 9.59 Å². The van der Waals surface area contributed by atoms with E-state index < -0.39 is 24.6 Å². The second-order valence-electron chi connectivity index (χ2n) is 9.16.